The summed E-state index contributed by atoms with van der Waals surface area (Å²) in [5, 5.41) is 3.33. The first kappa shape index (κ1) is 16.5. The van der Waals surface area contributed by atoms with Gasteiger partial charge >= 0.3 is 0 Å². The lowest BCUT2D eigenvalue weighted by Crippen LogP contribution is -2.14. The largest absolute Gasteiger partial charge is 0.313 e. The van der Waals surface area contributed by atoms with Crippen molar-refractivity contribution in [3.63, 3.8) is 0 Å². The lowest BCUT2D eigenvalue weighted by molar-refractivity contribution is 0.577. The van der Waals surface area contributed by atoms with Gasteiger partial charge < -0.3 is 5.32 Å². The zero-order chi connectivity index (χ0) is 15.2. The van der Waals surface area contributed by atoms with Gasteiger partial charge in [0.25, 0.3) is 0 Å². The van der Waals surface area contributed by atoms with Crippen LogP contribution in [0.2, 0.25) is 0 Å². The minimum atomic E-state index is -0.429. The Hall–Kier alpha value is -0.910. The third-order valence-corrected chi connectivity index (χ3v) is 4.52. The number of hydrogen-bond donors (Lipinski definition) is 1. The summed E-state index contributed by atoms with van der Waals surface area (Å²) in [4.78, 5) is 1.22. The number of hydrogen-bond acceptors (Lipinski definition) is 2. The van der Waals surface area contributed by atoms with Crippen molar-refractivity contribution in [2.45, 2.75) is 29.7 Å². The van der Waals surface area contributed by atoms with E-state index in [0.29, 0.717) is 11.4 Å². The maximum Gasteiger partial charge on any atom is 0.137 e. The molecule has 0 aliphatic rings. The highest BCUT2D eigenvalue weighted by molar-refractivity contribution is 9.10. The topological polar surface area (TPSA) is 12.0 Å². The number of rotatable bonds is 6. The number of benzene rings is 2. The van der Waals surface area contributed by atoms with Crippen molar-refractivity contribution in [3.8, 4) is 0 Å². The van der Waals surface area contributed by atoms with Crippen LogP contribution in [0.15, 0.2) is 50.7 Å². The second-order valence-corrected chi connectivity index (χ2v) is 6.61. The van der Waals surface area contributed by atoms with Gasteiger partial charge in [0.05, 0.1) is 4.90 Å². The summed E-state index contributed by atoms with van der Waals surface area (Å²) < 4.78 is 28.0. The fourth-order valence-electron chi connectivity index (χ4n) is 1.86. The fraction of sp³-hybridized carbons (Fsp3) is 0.250. The molecule has 0 aliphatic carbocycles. The standard InChI is InChI=1S/C16H16BrF2NS/c1-2-7-20-10-11-8-12(17)3-6-15(11)21-16-9-13(18)4-5-14(16)19/h3-6,8-9,20H,2,7,10H2,1H3. The molecule has 0 amide bonds. The third kappa shape index (κ3) is 4.80. The average Bonchev–Trinajstić information content (AvgIpc) is 2.46. The molecule has 0 heterocycles. The predicted octanol–water partition coefficient (Wildman–Crippen LogP) is 5.38. The van der Waals surface area contributed by atoms with Crippen LogP contribution in [0.1, 0.15) is 18.9 Å². The highest BCUT2D eigenvalue weighted by atomic mass is 79.9. The first-order chi connectivity index (χ1) is 10.1. The molecule has 5 heteroatoms. The molecule has 1 N–H and O–H groups in total. The Morgan fingerprint density at radius 2 is 1.90 bits per heavy atom. The van der Waals surface area contributed by atoms with Crippen molar-refractivity contribution in [1.82, 2.24) is 5.32 Å². The van der Waals surface area contributed by atoms with Gasteiger partial charge in [0.2, 0.25) is 0 Å². The molecule has 0 aromatic heterocycles. The van der Waals surface area contributed by atoms with Crippen LogP contribution >= 0.6 is 27.7 Å². The molecule has 2 aromatic rings. The summed E-state index contributed by atoms with van der Waals surface area (Å²) in [6.07, 6.45) is 1.05. The molecule has 0 saturated heterocycles. The SMILES string of the molecule is CCCNCc1cc(Br)ccc1Sc1cc(F)ccc1F. The molecule has 0 atom stereocenters. The van der Waals surface area contributed by atoms with Crippen molar-refractivity contribution < 1.29 is 8.78 Å². The summed E-state index contributed by atoms with van der Waals surface area (Å²) in [5.74, 6) is -0.835. The monoisotopic (exact) mass is 371 g/mol. The lowest BCUT2D eigenvalue weighted by Gasteiger charge is -2.11. The molecule has 1 nitrogen and oxygen atoms in total. The zero-order valence-electron chi connectivity index (χ0n) is 11.6. The molecule has 2 aromatic carbocycles. The van der Waals surface area contributed by atoms with E-state index >= 15 is 0 Å². The molecule has 0 bridgehead atoms. The van der Waals surface area contributed by atoms with Crippen LogP contribution in [0, 0.1) is 11.6 Å². The summed E-state index contributed by atoms with van der Waals surface area (Å²) in [5.41, 5.74) is 1.06. The predicted molar refractivity (Wildman–Crippen MR) is 86.6 cm³/mol. The van der Waals surface area contributed by atoms with E-state index in [2.05, 4.69) is 28.2 Å². The minimum Gasteiger partial charge on any atom is -0.313 e. The summed E-state index contributed by atoms with van der Waals surface area (Å²) in [6.45, 7) is 3.73. The molecule has 0 fully saturated rings. The molecular weight excluding hydrogens is 356 g/mol. The van der Waals surface area contributed by atoms with Crippen LogP contribution in [0.4, 0.5) is 8.78 Å². The summed E-state index contributed by atoms with van der Waals surface area (Å²) in [7, 11) is 0. The van der Waals surface area contributed by atoms with Gasteiger partial charge in [-0.15, -0.1) is 0 Å². The van der Waals surface area contributed by atoms with Crippen molar-refractivity contribution in [1.29, 1.82) is 0 Å². The highest BCUT2D eigenvalue weighted by Crippen LogP contribution is 2.34. The van der Waals surface area contributed by atoms with E-state index in [1.54, 1.807) is 0 Å². The van der Waals surface area contributed by atoms with Crippen LogP contribution < -0.4 is 5.32 Å². The van der Waals surface area contributed by atoms with Crippen molar-refractivity contribution >= 4 is 27.7 Å². The summed E-state index contributed by atoms with van der Waals surface area (Å²) in [6, 6.07) is 9.34. The van der Waals surface area contributed by atoms with Crippen molar-refractivity contribution in [2.75, 3.05) is 6.54 Å². The van der Waals surface area contributed by atoms with Gasteiger partial charge in [-0.3, -0.25) is 0 Å². The van der Waals surface area contributed by atoms with E-state index in [0.717, 1.165) is 40.0 Å². The molecule has 0 saturated carbocycles. The van der Waals surface area contributed by atoms with Crippen molar-refractivity contribution in [2.24, 2.45) is 0 Å². The maximum absolute atomic E-state index is 13.8. The summed E-state index contributed by atoms with van der Waals surface area (Å²) >= 11 is 4.69. The normalized spacial score (nSPS) is 10.9. The Morgan fingerprint density at radius 1 is 1.10 bits per heavy atom. The Bertz CT molecular complexity index is 619. The van der Waals surface area contributed by atoms with Gasteiger partial charge in [-0.25, -0.2) is 8.78 Å². The van der Waals surface area contributed by atoms with Crippen LogP contribution in [-0.2, 0) is 6.54 Å². The average molecular weight is 372 g/mol. The van der Waals surface area contributed by atoms with E-state index in [1.165, 1.54) is 17.8 Å². The molecule has 112 valence electrons. The second kappa shape index (κ2) is 7.92. The van der Waals surface area contributed by atoms with Gasteiger partial charge in [-0.1, -0.05) is 34.6 Å². The van der Waals surface area contributed by atoms with Gasteiger partial charge in [0.15, 0.2) is 0 Å². The second-order valence-electron chi connectivity index (χ2n) is 4.61. The molecular formula is C16H16BrF2NS. The fourth-order valence-corrected chi connectivity index (χ4v) is 3.24. The van der Waals surface area contributed by atoms with Gasteiger partial charge in [-0.2, -0.15) is 0 Å². The van der Waals surface area contributed by atoms with Gasteiger partial charge in [0, 0.05) is 15.9 Å². The van der Waals surface area contributed by atoms with Crippen molar-refractivity contribution in [3.05, 3.63) is 58.1 Å². The lowest BCUT2D eigenvalue weighted by atomic mass is 10.2. The molecule has 21 heavy (non-hydrogen) atoms. The van der Waals surface area contributed by atoms with Crippen LogP contribution in [0.3, 0.4) is 0 Å². The highest BCUT2D eigenvalue weighted by Gasteiger charge is 2.10. The molecule has 0 radical (unpaired) electrons. The quantitative estimate of drug-likeness (QED) is 0.684. The van der Waals surface area contributed by atoms with E-state index < -0.39 is 11.6 Å². The third-order valence-electron chi connectivity index (χ3n) is 2.88. The van der Waals surface area contributed by atoms with E-state index in [-0.39, 0.29) is 0 Å². The van der Waals surface area contributed by atoms with Crippen LogP contribution in [0.25, 0.3) is 0 Å². The Labute approximate surface area is 136 Å². The van der Waals surface area contributed by atoms with Crippen LogP contribution in [0.5, 0.6) is 0 Å². The molecule has 0 spiro atoms. The Morgan fingerprint density at radius 3 is 2.67 bits per heavy atom. The first-order valence-corrected chi connectivity index (χ1v) is 8.33. The number of nitrogens with one attached hydrogen (secondary N) is 1. The van der Waals surface area contributed by atoms with Gasteiger partial charge in [0.1, 0.15) is 11.6 Å². The van der Waals surface area contributed by atoms with Crippen LogP contribution in [-0.4, -0.2) is 6.54 Å². The Kier molecular flexibility index (Phi) is 6.21. The molecule has 0 unspecified atom stereocenters. The van der Waals surface area contributed by atoms with Gasteiger partial charge in [-0.05, 0) is 54.9 Å². The Balaban J connectivity index is 2.24. The smallest absolute Gasteiger partial charge is 0.137 e. The molecule has 0 aliphatic heterocycles. The zero-order valence-corrected chi connectivity index (χ0v) is 14.0. The number of halogens is 3. The maximum atomic E-state index is 13.8. The first-order valence-electron chi connectivity index (χ1n) is 6.72. The molecule has 2 rings (SSSR count). The minimum absolute atomic E-state index is 0.300. The van der Waals surface area contributed by atoms with E-state index in [4.69, 9.17) is 0 Å². The van der Waals surface area contributed by atoms with E-state index in [1.807, 2.05) is 18.2 Å². The van der Waals surface area contributed by atoms with E-state index in [9.17, 15) is 8.78 Å².